The van der Waals surface area contributed by atoms with E-state index in [0.717, 1.165) is 48.7 Å². The Bertz CT molecular complexity index is 1130. The minimum absolute atomic E-state index is 0.116. The van der Waals surface area contributed by atoms with Crippen molar-refractivity contribution in [3.05, 3.63) is 66.3 Å². The average molecular weight is 432 g/mol. The molecule has 164 valence electrons. The van der Waals surface area contributed by atoms with E-state index in [2.05, 4.69) is 32.1 Å². The Kier molecular flexibility index (Phi) is 5.24. The molecule has 1 saturated heterocycles. The lowest BCUT2D eigenvalue weighted by atomic mass is 10.1. The standard InChI is InChI=1S/C23H25N7O2/c1-15(27-19-12-25-4-3-20(19)29-8-6-24-7-9-29)18-2-5-26-23(28-18)30-13-16-10-21(31)22(32)11-17(16)14-30/h2-5,10-12,24,27,31-32H,1,6-9,13-14H2. The number of nitrogens with one attached hydrogen (secondary N) is 2. The highest BCUT2D eigenvalue weighted by Gasteiger charge is 2.23. The number of phenolic OH excluding ortho intramolecular Hbond substituents is 2. The van der Waals surface area contributed by atoms with E-state index in [4.69, 9.17) is 4.98 Å². The minimum atomic E-state index is -0.116. The van der Waals surface area contributed by atoms with Gasteiger partial charge in [-0.15, -0.1) is 0 Å². The normalized spacial score (nSPS) is 15.5. The topological polar surface area (TPSA) is 110 Å². The summed E-state index contributed by atoms with van der Waals surface area (Å²) >= 11 is 0. The molecule has 9 nitrogen and oxygen atoms in total. The molecule has 1 fully saturated rings. The number of anilines is 3. The number of piperazine rings is 1. The number of hydrogen-bond donors (Lipinski definition) is 4. The highest BCUT2D eigenvalue weighted by atomic mass is 16.3. The smallest absolute Gasteiger partial charge is 0.226 e. The number of pyridine rings is 1. The highest BCUT2D eigenvalue weighted by molar-refractivity contribution is 5.81. The summed E-state index contributed by atoms with van der Waals surface area (Å²) < 4.78 is 0. The molecule has 32 heavy (non-hydrogen) atoms. The molecular weight excluding hydrogens is 406 g/mol. The predicted octanol–water partition coefficient (Wildman–Crippen LogP) is 2.30. The lowest BCUT2D eigenvalue weighted by molar-refractivity contribution is 0.403. The van der Waals surface area contributed by atoms with Gasteiger partial charge in [-0.2, -0.15) is 0 Å². The van der Waals surface area contributed by atoms with Crippen molar-refractivity contribution in [2.45, 2.75) is 13.1 Å². The average Bonchev–Trinajstić information content (AvgIpc) is 3.23. The van der Waals surface area contributed by atoms with Gasteiger partial charge in [-0.1, -0.05) is 6.58 Å². The van der Waals surface area contributed by atoms with Crippen LogP contribution in [0.1, 0.15) is 16.8 Å². The van der Waals surface area contributed by atoms with E-state index < -0.39 is 0 Å². The first kappa shape index (κ1) is 20.1. The number of phenols is 2. The van der Waals surface area contributed by atoms with Gasteiger partial charge >= 0.3 is 0 Å². The van der Waals surface area contributed by atoms with Crippen LogP contribution in [-0.4, -0.2) is 51.3 Å². The van der Waals surface area contributed by atoms with E-state index in [1.165, 1.54) is 0 Å². The number of hydrogen-bond acceptors (Lipinski definition) is 9. The molecular formula is C23H25N7O2. The third-order valence-electron chi connectivity index (χ3n) is 5.80. The maximum Gasteiger partial charge on any atom is 0.226 e. The van der Waals surface area contributed by atoms with Gasteiger partial charge in [0.2, 0.25) is 5.95 Å². The Morgan fingerprint density at radius 3 is 2.44 bits per heavy atom. The summed E-state index contributed by atoms with van der Waals surface area (Å²) in [5, 5.41) is 26.3. The number of aromatic hydroxyl groups is 2. The van der Waals surface area contributed by atoms with Crippen molar-refractivity contribution in [2.24, 2.45) is 0 Å². The van der Waals surface area contributed by atoms with Crippen molar-refractivity contribution in [3.8, 4) is 11.5 Å². The zero-order chi connectivity index (χ0) is 22.1. The van der Waals surface area contributed by atoms with Crippen LogP contribution in [0.4, 0.5) is 17.3 Å². The zero-order valence-electron chi connectivity index (χ0n) is 17.6. The first-order valence-corrected chi connectivity index (χ1v) is 10.6. The van der Waals surface area contributed by atoms with Crippen molar-refractivity contribution < 1.29 is 10.2 Å². The Labute approximate surface area is 186 Å². The number of nitrogens with zero attached hydrogens (tertiary/aromatic N) is 5. The summed E-state index contributed by atoms with van der Waals surface area (Å²) in [5.74, 6) is 0.332. The van der Waals surface area contributed by atoms with Crippen LogP contribution in [0.15, 0.2) is 49.4 Å². The molecule has 0 amide bonds. The van der Waals surface area contributed by atoms with Crippen molar-refractivity contribution in [3.63, 3.8) is 0 Å². The van der Waals surface area contributed by atoms with E-state index >= 15 is 0 Å². The second-order valence-electron chi connectivity index (χ2n) is 7.94. The molecule has 2 aliphatic rings. The summed E-state index contributed by atoms with van der Waals surface area (Å²) in [6, 6.07) is 7.02. The van der Waals surface area contributed by atoms with Crippen molar-refractivity contribution in [1.82, 2.24) is 20.3 Å². The monoisotopic (exact) mass is 431 g/mol. The lowest BCUT2D eigenvalue weighted by Crippen LogP contribution is -2.43. The van der Waals surface area contributed by atoms with E-state index in [9.17, 15) is 10.2 Å². The minimum Gasteiger partial charge on any atom is -0.504 e. The van der Waals surface area contributed by atoms with Gasteiger partial charge in [-0.05, 0) is 35.4 Å². The van der Waals surface area contributed by atoms with Crippen LogP contribution in [0.2, 0.25) is 0 Å². The molecule has 9 heteroatoms. The van der Waals surface area contributed by atoms with Gasteiger partial charge in [0.25, 0.3) is 0 Å². The summed E-state index contributed by atoms with van der Waals surface area (Å²) in [6.45, 7) is 9.08. The van der Waals surface area contributed by atoms with Crippen LogP contribution < -0.4 is 20.4 Å². The zero-order valence-corrected chi connectivity index (χ0v) is 17.6. The molecule has 0 bridgehead atoms. The molecule has 4 N–H and O–H groups in total. The maximum absolute atomic E-state index is 9.78. The second-order valence-corrected chi connectivity index (χ2v) is 7.94. The first-order valence-electron chi connectivity index (χ1n) is 10.6. The van der Waals surface area contributed by atoms with Crippen LogP contribution >= 0.6 is 0 Å². The van der Waals surface area contributed by atoms with E-state index in [1.54, 1.807) is 30.7 Å². The number of fused-ring (bicyclic) bond motifs is 1. The Balaban J connectivity index is 1.34. The van der Waals surface area contributed by atoms with Crippen LogP contribution in [0.25, 0.3) is 5.70 Å². The molecule has 2 aromatic heterocycles. The number of benzene rings is 1. The fourth-order valence-electron chi connectivity index (χ4n) is 4.13. The van der Waals surface area contributed by atoms with Gasteiger partial charge in [0.05, 0.1) is 29.0 Å². The van der Waals surface area contributed by atoms with Crippen LogP contribution in [-0.2, 0) is 13.1 Å². The molecule has 0 spiro atoms. The molecule has 3 aromatic rings. The Morgan fingerprint density at radius 2 is 1.72 bits per heavy atom. The fraction of sp³-hybridized carbons (Fsp3) is 0.261. The molecule has 2 aliphatic heterocycles. The van der Waals surface area contributed by atoms with Gasteiger partial charge in [0, 0.05) is 51.7 Å². The van der Waals surface area contributed by atoms with Gasteiger partial charge in [0.1, 0.15) is 0 Å². The summed E-state index contributed by atoms with van der Waals surface area (Å²) in [6.07, 6.45) is 5.32. The molecule has 0 saturated carbocycles. The lowest BCUT2D eigenvalue weighted by Gasteiger charge is -2.31. The number of rotatable bonds is 5. The number of aromatic nitrogens is 3. The Hall–Kier alpha value is -3.85. The van der Waals surface area contributed by atoms with Crippen molar-refractivity contribution in [2.75, 3.05) is 41.3 Å². The largest absolute Gasteiger partial charge is 0.504 e. The maximum atomic E-state index is 9.78. The first-order chi connectivity index (χ1) is 15.6. The van der Waals surface area contributed by atoms with Gasteiger partial charge < -0.3 is 30.6 Å². The predicted molar refractivity (Wildman–Crippen MR) is 124 cm³/mol. The SMILES string of the molecule is C=C(Nc1cnccc1N1CCNCC1)c1ccnc(N2Cc3cc(O)c(O)cc3C2)n1. The second kappa shape index (κ2) is 8.35. The molecule has 5 rings (SSSR count). The van der Waals surface area contributed by atoms with Gasteiger partial charge in [0.15, 0.2) is 11.5 Å². The van der Waals surface area contributed by atoms with Crippen LogP contribution in [0.3, 0.4) is 0 Å². The molecule has 4 heterocycles. The fourth-order valence-corrected chi connectivity index (χ4v) is 4.13. The summed E-state index contributed by atoms with van der Waals surface area (Å²) in [5.41, 5.74) is 5.21. The summed E-state index contributed by atoms with van der Waals surface area (Å²) in [7, 11) is 0. The van der Waals surface area contributed by atoms with Gasteiger partial charge in [-0.25, -0.2) is 9.97 Å². The quantitative estimate of drug-likeness (QED) is 0.452. The highest BCUT2D eigenvalue weighted by Crippen LogP contribution is 2.35. The van der Waals surface area contributed by atoms with Crippen LogP contribution in [0.5, 0.6) is 11.5 Å². The molecule has 1 aromatic carbocycles. The van der Waals surface area contributed by atoms with Crippen molar-refractivity contribution >= 4 is 23.0 Å². The van der Waals surface area contributed by atoms with Crippen LogP contribution in [0, 0.1) is 0 Å². The van der Waals surface area contributed by atoms with Crippen molar-refractivity contribution in [1.29, 1.82) is 0 Å². The molecule has 0 radical (unpaired) electrons. The Morgan fingerprint density at radius 1 is 1.00 bits per heavy atom. The third kappa shape index (κ3) is 3.90. The molecule has 0 aliphatic carbocycles. The van der Waals surface area contributed by atoms with E-state index in [1.807, 2.05) is 17.0 Å². The molecule has 0 atom stereocenters. The van der Waals surface area contributed by atoms with Gasteiger partial charge in [-0.3, -0.25) is 4.98 Å². The third-order valence-corrected chi connectivity index (χ3v) is 5.80. The summed E-state index contributed by atoms with van der Waals surface area (Å²) in [4.78, 5) is 17.7. The van der Waals surface area contributed by atoms with E-state index in [-0.39, 0.29) is 11.5 Å². The van der Waals surface area contributed by atoms with E-state index in [0.29, 0.717) is 30.4 Å². The molecule has 0 unspecified atom stereocenters.